The molecule has 0 amide bonds. The first kappa shape index (κ1) is 13.4. The number of nitrogens with zero attached hydrogens (tertiary/aromatic N) is 2. The molecule has 0 saturated carbocycles. The van der Waals surface area contributed by atoms with Gasteiger partial charge in [0.1, 0.15) is 10.7 Å². The first-order valence-electron chi connectivity index (χ1n) is 5.36. The molecule has 0 aromatic carbocycles. The molecule has 2 heterocycles. The Morgan fingerprint density at radius 1 is 1.56 bits per heavy atom. The fraction of sp³-hybridized carbons (Fsp3) is 0.600. The standard InChI is InChI=1S/C10H13ClN2O4S/c1-6-7(9(14)15)8(11)13(12-6)10(2)3-4-18(16,17)5-10/h3-5H2,1-2H3,(H,14,15). The average Bonchev–Trinajstić information content (AvgIpc) is 2.65. The van der Waals surface area contributed by atoms with Gasteiger partial charge in [-0.05, 0) is 20.3 Å². The van der Waals surface area contributed by atoms with Crippen LogP contribution >= 0.6 is 11.6 Å². The third kappa shape index (κ3) is 2.01. The van der Waals surface area contributed by atoms with Crippen molar-refractivity contribution in [3.05, 3.63) is 16.4 Å². The summed E-state index contributed by atoms with van der Waals surface area (Å²) in [7, 11) is -3.11. The maximum Gasteiger partial charge on any atom is 0.340 e. The molecule has 1 aromatic heterocycles. The minimum atomic E-state index is -3.11. The summed E-state index contributed by atoms with van der Waals surface area (Å²) >= 11 is 6.01. The van der Waals surface area contributed by atoms with Crippen molar-refractivity contribution in [1.82, 2.24) is 9.78 Å². The molecule has 6 nitrogen and oxygen atoms in total. The highest BCUT2D eigenvalue weighted by Gasteiger charge is 2.42. The van der Waals surface area contributed by atoms with Crippen molar-refractivity contribution >= 4 is 27.4 Å². The van der Waals surface area contributed by atoms with E-state index in [0.717, 1.165) is 0 Å². The summed E-state index contributed by atoms with van der Waals surface area (Å²) in [5.41, 5.74) is -0.547. The van der Waals surface area contributed by atoms with Crippen LogP contribution in [0.3, 0.4) is 0 Å². The molecule has 1 atom stereocenters. The molecule has 8 heteroatoms. The van der Waals surface area contributed by atoms with E-state index in [0.29, 0.717) is 6.42 Å². The lowest BCUT2D eigenvalue weighted by molar-refractivity contribution is 0.0696. The molecule has 1 aliphatic rings. The van der Waals surface area contributed by atoms with Crippen LogP contribution in [0.5, 0.6) is 0 Å². The van der Waals surface area contributed by atoms with Gasteiger partial charge >= 0.3 is 5.97 Å². The van der Waals surface area contributed by atoms with Crippen LogP contribution in [-0.4, -0.2) is 40.8 Å². The monoisotopic (exact) mass is 292 g/mol. The van der Waals surface area contributed by atoms with E-state index >= 15 is 0 Å². The molecule has 0 spiro atoms. The zero-order chi connectivity index (χ0) is 13.7. The normalized spacial score (nSPS) is 26.4. The molecule has 1 unspecified atom stereocenters. The summed E-state index contributed by atoms with van der Waals surface area (Å²) in [6.07, 6.45) is 0.384. The van der Waals surface area contributed by atoms with Gasteiger partial charge in [-0.2, -0.15) is 5.10 Å². The predicted molar refractivity (Wildman–Crippen MR) is 65.9 cm³/mol. The van der Waals surface area contributed by atoms with Gasteiger partial charge in [0.15, 0.2) is 9.84 Å². The molecular formula is C10H13ClN2O4S. The highest BCUT2D eigenvalue weighted by Crippen LogP contribution is 2.34. The van der Waals surface area contributed by atoms with E-state index in [1.165, 1.54) is 4.68 Å². The molecule has 1 fully saturated rings. The van der Waals surface area contributed by atoms with E-state index in [9.17, 15) is 13.2 Å². The Labute approximate surface area is 109 Å². The van der Waals surface area contributed by atoms with Crippen LogP contribution in [0.25, 0.3) is 0 Å². The minimum Gasteiger partial charge on any atom is -0.478 e. The summed E-state index contributed by atoms with van der Waals surface area (Å²) < 4.78 is 24.4. The molecule has 18 heavy (non-hydrogen) atoms. The third-order valence-electron chi connectivity index (χ3n) is 3.21. The van der Waals surface area contributed by atoms with Gasteiger partial charge in [0.25, 0.3) is 0 Å². The van der Waals surface area contributed by atoms with Crippen LogP contribution in [0.15, 0.2) is 0 Å². The molecular weight excluding hydrogens is 280 g/mol. The quantitative estimate of drug-likeness (QED) is 0.881. The van der Waals surface area contributed by atoms with E-state index in [4.69, 9.17) is 16.7 Å². The lowest BCUT2D eigenvalue weighted by Gasteiger charge is -2.23. The lowest BCUT2D eigenvalue weighted by atomic mass is 10.0. The fourth-order valence-electron chi connectivity index (χ4n) is 2.26. The van der Waals surface area contributed by atoms with E-state index < -0.39 is 21.3 Å². The van der Waals surface area contributed by atoms with Gasteiger partial charge in [-0.3, -0.25) is 0 Å². The number of aromatic nitrogens is 2. The number of hydrogen-bond donors (Lipinski definition) is 1. The van der Waals surface area contributed by atoms with Crippen molar-refractivity contribution in [2.45, 2.75) is 25.8 Å². The van der Waals surface area contributed by atoms with Gasteiger partial charge < -0.3 is 5.11 Å². The number of rotatable bonds is 2. The largest absolute Gasteiger partial charge is 0.478 e. The summed E-state index contributed by atoms with van der Waals surface area (Å²) in [6.45, 7) is 3.26. The third-order valence-corrected chi connectivity index (χ3v) is 5.45. The number of carboxylic acids is 1. The zero-order valence-corrected chi connectivity index (χ0v) is 11.5. The number of halogens is 1. The van der Waals surface area contributed by atoms with Crippen molar-refractivity contribution in [1.29, 1.82) is 0 Å². The van der Waals surface area contributed by atoms with Gasteiger partial charge in [-0.1, -0.05) is 11.6 Å². The molecule has 2 rings (SSSR count). The van der Waals surface area contributed by atoms with E-state index in [-0.39, 0.29) is 27.9 Å². The number of hydrogen-bond acceptors (Lipinski definition) is 4. The van der Waals surface area contributed by atoms with Gasteiger partial charge in [0.05, 0.1) is 22.7 Å². The van der Waals surface area contributed by atoms with E-state index in [1.807, 2.05) is 0 Å². The number of carbonyl (C=O) groups is 1. The maximum absolute atomic E-state index is 11.6. The first-order valence-corrected chi connectivity index (χ1v) is 7.55. The topological polar surface area (TPSA) is 89.3 Å². The highest BCUT2D eigenvalue weighted by molar-refractivity contribution is 7.91. The van der Waals surface area contributed by atoms with Crippen molar-refractivity contribution in [3.8, 4) is 0 Å². The second-order valence-corrected chi connectivity index (χ2v) is 7.35. The fourth-order valence-corrected chi connectivity index (χ4v) is 4.83. The van der Waals surface area contributed by atoms with Gasteiger partial charge in [0.2, 0.25) is 0 Å². The average molecular weight is 293 g/mol. The Kier molecular flexibility index (Phi) is 2.94. The van der Waals surface area contributed by atoms with Crippen molar-refractivity contribution < 1.29 is 18.3 Å². The van der Waals surface area contributed by atoms with Gasteiger partial charge in [-0.25, -0.2) is 17.9 Å². The summed E-state index contributed by atoms with van der Waals surface area (Å²) in [5, 5.41) is 13.1. The van der Waals surface area contributed by atoms with Crippen molar-refractivity contribution in [3.63, 3.8) is 0 Å². The van der Waals surface area contributed by atoms with Crippen molar-refractivity contribution in [2.24, 2.45) is 0 Å². The van der Waals surface area contributed by atoms with Crippen LogP contribution < -0.4 is 0 Å². The Bertz CT molecular complexity index is 622. The highest BCUT2D eigenvalue weighted by atomic mass is 35.5. The van der Waals surface area contributed by atoms with Crippen LogP contribution in [0.2, 0.25) is 5.15 Å². The van der Waals surface area contributed by atoms with Crippen LogP contribution in [0.4, 0.5) is 0 Å². The molecule has 1 aromatic rings. The SMILES string of the molecule is Cc1nn(C2(C)CCS(=O)(=O)C2)c(Cl)c1C(=O)O. The molecule has 1 aliphatic heterocycles. The molecule has 100 valence electrons. The maximum atomic E-state index is 11.6. The molecule has 0 bridgehead atoms. The lowest BCUT2D eigenvalue weighted by Crippen LogP contribution is -2.32. The molecule has 1 N–H and O–H groups in total. The number of sulfone groups is 1. The molecule has 0 aliphatic carbocycles. The predicted octanol–water partition coefficient (Wildman–Crippen LogP) is 1.08. The number of aryl methyl sites for hydroxylation is 1. The Morgan fingerprint density at radius 3 is 2.56 bits per heavy atom. The van der Waals surface area contributed by atoms with E-state index in [2.05, 4.69) is 5.10 Å². The second kappa shape index (κ2) is 3.96. The number of aromatic carboxylic acids is 1. The molecule has 0 radical (unpaired) electrons. The number of carboxylic acid groups (broad SMARTS) is 1. The zero-order valence-electron chi connectivity index (χ0n) is 9.97. The first-order chi connectivity index (χ1) is 8.16. The smallest absolute Gasteiger partial charge is 0.340 e. The summed E-state index contributed by atoms with van der Waals surface area (Å²) in [4.78, 5) is 11.0. The Hall–Kier alpha value is -1.08. The van der Waals surface area contributed by atoms with Gasteiger partial charge in [0, 0.05) is 0 Å². The van der Waals surface area contributed by atoms with Crippen LogP contribution in [-0.2, 0) is 15.4 Å². The molecule has 1 saturated heterocycles. The van der Waals surface area contributed by atoms with Crippen LogP contribution in [0, 0.1) is 6.92 Å². The minimum absolute atomic E-state index is 0.0143. The van der Waals surface area contributed by atoms with Gasteiger partial charge in [-0.15, -0.1) is 0 Å². The van der Waals surface area contributed by atoms with Crippen molar-refractivity contribution in [2.75, 3.05) is 11.5 Å². The second-order valence-electron chi connectivity index (χ2n) is 4.81. The van der Waals surface area contributed by atoms with E-state index in [1.54, 1.807) is 13.8 Å². The summed E-state index contributed by atoms with van der Waals surface area (Å²) in [5.74, 6) is -1.16. The summed E-state index contributed by atoms with van der Waals surface area (Å²) in [6, 6.07) is 0. The Morgan fingerprint density at radius 2 is 2.17 bits per heavy atom. The van der Waals surface area contributed by atoms with Crippen LogP contribution in [0.1, 0.15) is 29.4 Å². The Balaban J connectivity index is 2.54.